The molecular weight excluding hydrogens is 462 g/mol. The van der Waals surface area contributed by atoms with Gasteiger partial charge in [-0.15, -0.1) is 0 Å². The third-order valence-corrected chi connectivity index (χ3v) is 6.18. The number of anilines is 2. The quantitative estimate of drug-likeness (QED) is 0.469. The summed E-state index contributed by atoms with van der Waals surface area (Å²) < 4.78 is 17.4. The van der Waals surface area contributed by atoms with E-state index in [1.165, 1.54) is 0 Å². The van der Waals surface area contributed by atoms with Gasteiger partial charge in [-0.1, -0.05) is 48.0 Å². The number of halogens is 1. The number of carbonyl (C=O) groups excluding carboxylic acids is 1. The highest BCUT2D eigenvalue weighted by Gasteiger charge is 2.49. The summed E-state index contributed by atoms with van der Waals surface area (Å²) in [5, 5.41) is 12.3. The highest BCUT2D eigenvalue weighted by Crippen LogP contribution is 2.30. The molecule has 170 valence electrons. The Kier molecular flexibility index (Phi) is 6.32. The number of ether oxygens (including phenoxy) is 3. The van der Waals surface area contributed by atoms with Gasteiger partial charge in [0.25, 0.3) is 0 Å². The van der Waals surface area contributed by atoms with E-state index in [2.05, 4.69) is 16.0 Å². The van der Waals surface area contributed by atoms with Crippen LogP contribution in [-0.4, -0.2) is 48.8 Å². The van der Waals surface area contributed by atoms with Gasteiger partial charge in [0.2, 0.25) is 0 Å². The molecule has 9 heteroatoms. The first-order valence-electron chi connectivity index (χ1n) is 10.6. The number of hydrogen-bond acceptors (Lipinski definition) is 5. The molecule has 2 aliphatic heterocycles. The second-order valence-electron chi connectivity index (χ2n) is 7.90. The summed E-state index contributed by atoms with van der Waals surface area (Å²) in [6.07, 6.45) is -1.68. The molecule has 0 aliphatic carbocycles. The van der Waals surface area contributed by atoms with Crippen LogP contribution in [0.15, 0.2) is 66.7 Å². The minimum Gasteiger partial charge on any atom is -0.441 e. The van der Waals surface area contributed by atoms with E-state index >= 15 is 0 Å². The van der Waals surface area contributed by atoms with Crippen LogP contribution in [-0.2, 0) is 14.2 Å². The van der Waals surface area contributed by atoms with Gasteiger partial charge in [-0.3, -0.25) is 5.32 Å². The van der Waals surface area contributed by atoms with Crippen LogP contribution in [0.25, 0.3) is 10.8 Å². The molecule has 0 bridgehead atoms. The van der Waals surface area contributed by atoms with E-state index in [4.69, 9.17) is 38.0 Å². The van der Waals surface area contributed by atoms with Gasteiger partial charge in [-0.2, -0.15) is 0 Å². The average molecular weight is 484 g/mol. The van der Waals surface area contributed by atoms with Crippen LogP contribution in [0, 0.1) is 0 Å². The summed E-state index contributed by atoms with van der Waals surface area (Å²) in [4.78, 5) is 12.6. The number of rotatable bonds is 4. The SMILES string of the molecule is O=C(Nc1cccc2ccccc12)O[C@H]1CO[C@@H]2[C@@H]1OC[C@@H]2NC(=S)Nc1ccc(Cl)cc1. The molecule has 2 fully saturated rings. The number of fused-ring (bicyclic) bond motifs is 2. The highest BCUT2D eigenvalue weighted by molar-refractivity contribution is 7.80. The summed E-state index contributed by atoms with van der Waals surface area (Å²) in [7, 11) is 0. The van der Waals surface area contributed by atoms with Gasteiger partial charge in [0, 0.05) is 16.1 Å². The molecule has 3 N–H and O–H groups in total. The lowest BCUT2D eigenvalue weighted by Crippen LogP contribution is -2.46. The summed E-state index contributed by atoms with van der Waals surface area (Å²) in [6, 6.07) is 20.7. The van der Waals surface area contributed by atoms with Crippen molar-refractivity contribution in [1.29, 1.82) is 0 Å². The second kappa shape index (κ2) is 9.52. The first-order valence-corrected chi connectivity index (χ1v) is 11.4. The molecule has 2 heterocycles. The van der Waals surface area contributed by atoms with Gasteiger partial charge < -0.3 is 24.8 Å². The zero-order chi connectivity index (χ0) is 22.8. The van der Waals surface area contributed by atoms with Crippen molar-refractivity contribution in [3.63, 3.8) is 0 Å². The van der Waals surface area contributed by atoms with Crippen LogP contribution >= 0.6 is 23.8 Å². The van der Waals surface area contributed by atoms with E-state index in [1.54, 1.807) is 12.1 Å². The predicted molar refractivity (Wildman–Crippen MR) is 132 cm³/mol. The Morgan fingerprint density at radius 1 is 0.939 bits per heavy atom. The van der Waals surface area contributed by atoms with Gasteiger partial charge in [-0.25, -0.2) is 4.79 Å². The molecule has 0 aromatic heterocycles. The molecular formula is C24H22ClN3O4S. The van der Waals surface area contributed by atoms with E-state index < -0.39 is 12.2 Å². The number of amides is 1. The Bertz CT molecular complexity index is 1170. The van der Waals surface area contributed by atoms with Gasteiger partial charge in [-0.05, 0) is 47.9 Å². The number of hydrogen-bond donors (Lipinski definition) is 3. The molecule has 0 unspecified atom stereocenters. The molecule has 7 nitrogen and oxygen atoms in total. The Balaban J connectivity index is 1.16. The monoisotopic (exact) mass is 483 g/mol. The fourth-order valence-electron chi connectivity index (χ4n) is 4.17. The maximum absolute atomic E-state index is 12.6. The Morgan fingerprint density at radius 3 is 2.55 bits per heavy atom. The molecule has 5 rings (SSSR count). The molecule has 0 radical (unpaired) electrons. The summed E-state index contributed by atoms with van der Waals surface area (Å²) in [6.45, 7) is 0.649. The van der Waals surface area contributed by atoms with Crippen molar-refractivity contribution in [3.8, 4) is 0 Å². The summed E-state index contributed by atoms with van der Waals surface area (Å²) >= 11 is 11.3. The number of nitrogens with one attached hydrogen (secondary N) is 3. The third-order valence-electron chi connectivity index (χ3n) is 5.71. The van der Waals surface area contributed by atoms with Crippen molar-refractivity contribution in [2.75, 3.05) is 23.8 Å². The van der Waals surface area contributed by atoms with E-state index in [0.29, 0.717) is 22.4 Å². The van der Waals surface area contributed by atoms with E-state index in [-0.39, 0.29) is 24.9 Å². The number of thiocarbonyl (C=S) groups is 1. The molecule has 3 aromatic rings. The Labute approximate surface area is 201 Å². The van der Waals surface area contributed by atoms with Gasteiger partial charge in [0.05, 0.1) is 24.9 Å². The normalized spacial score (nSPS) is 23.7. The fourth-order valence-corrected chi connectivity index (χ4v) is 4.56. The van der Waals surface area contributed by atoms with Crippen LogP contribution in [0.5, 0.6) is 0 Å². The first-order chi connectivity index (χ1) is 16.1. The van der Waals surface area contributed by atoms with Crippen LogP contribution in [0.2, 0.25) is 5.02 Å². The minimum atomic E-state index is -0.541. The van der Waals surface area contributed by atoms with Gasteiger partial charge >= 0.3 is 6.09 Å². The third kappa shape index (κ3) is 4.89. The van der Waals surface area contributed by atoms with Crippen LogP contribution in [0.4, 0.5) is 16.2 Å². The Morgan fingerprint density at radius 2 is 1.70 bits per heavy atom. The summed E-state index contributed by atoms with van der Waals surface area (Å²) in [5.41, 5.74) is 1.52. The van der Waals surface area contributed by atoms with Gasteiger partial charge in [0.1, 0.15) is 12.2 Å². The van der Waals surface area contributed by atoms with Crippen LogP contribution in [0.3, 0.4) is 0 Å². The van der Waals surface area contributed by atoms with Crippen LogP contribution < -0.4 is 16.0 Å². The van der Waals surface area contributed by atoms with Crippen molar-refractivity contribution in [3.05, 3.63) is 71.8 Å². The first kappa shape index (κ1) is 21.9. The van der Waals surface area contributed by atoms with Crippen molar-refractivity contribution in [1.82, 2.24) is 5.32 Å². The van der Waals surface area contributed by atoms with Crippen molar-refractivity contribution < 1.29 is 19.0 Å². The number of carbonyl (C=O) groups is 1. The van der Waals surface area contributed by atoms with Crippen molar-refractivity contribution in [2.45, 2.75) is 24.4 Å². The van der Waals surface area contributed by atoms with Crippen molar-refractivity contribution >= 4 is 57.2 Å². The standard InChI is InChI=1S/C24H22ClN3O4S/c25-15-8-10-16(11-9-15)26-23(33)27-19-12-30-22-20(13-31-21(19)22)32-24(29)28-18-7-3-5-14-4-1-2-6-17(14)18/h1-11,19-22H,12-13H2,(H,28,29)(H2,26,27,33)/t19-,20-,21-,22+/m0/s1. The van der Waals surface area contributed by atoms with E-state index in [0.717, 1.165) is 16.5 Å². The molecule has 3 aromatic carbocycles. The van der Waals surface area contributed by atoms with E-state index in [9.17, 15) is 4.79 Å². The summed E-state index contributed by atoms with van der Waals surface area (Å²) in [5.74, 6) is 0. The average Bonchev–Trinajstić information content (AvgIpc) is 3.39. The zero-order valence-corrected chi connectivity index (χ0v) is 19.1. The lowest BCUT2D eigenvalue weighted by atomic mass is 10.1. The number of benzene rings is 3. The molecule has 2 saturated heterocycles. The Hall–Kier alpha value is -2.91. The largest absolute Gasteiger partial charge is 0.441 e. The molecule has 2 aliphatic rings. The topological polar surface area (TPSA) is 80.9 Å². The second-order valence-corrected chi connectivity index (χ2v) is 8.75. The predicted octanol–water partition coefficient (Wildman–Crippen LogP) is 4.56. The fraction of sp³-hybridized carbons (Fsp3) is 0.250. The molecule has 1 amide bonds. The van der Waals surface area contributed by atoms with Crippen molar-refractivity contribution in [2.24, 2.45) is 0 Å². The minimum absolute atomic E-state index is 0.156. The molecule has 33 heavy (non-hydrogen) atoms. The molecule has 0 spiro atoms. The lowest BCUT2D eigenvalue weighted by molar-refractivity contribution is 0.00881. The smallest absolute Gasteiger partial charge is 0.412 e. The van der Waals surface area contributed by atoms with Crippen LogP contribution in [0.1, 0.15) is 0 Å². The van der Waals surface area contributed by atoms with Gasteiger partial charge in [0.15, 0.2) is 11.2 Å². The van der Waals surface area contributed by atoms with E-state index in [1.807, 2.05) is 54.6 Å². The highest BCUT2D eigenvalue weighted by atomic mass is 35.5. The maximum Gasteiger partial charge on any atom is 0.412 e. The lowest BCUT2D eigenvalue weighted by Gasteiger charge is -2.20. The maximum atomic E-state index is 12.6. The molecule has 4 atom stereocenters. The molecule has 0 saturated carbocycles. The zero-order valence-electron chi connectivity index (χ0n) is 17.5.